The van der Waals surface area contributed by atoms with Crippen molar-refractivity contribution in [3.8, 4) is 17.6 Å². The highest BCUT2D eigenvalue weighted by Crippen LogP contribution is 2.11. The second-order valence-corrected chi connectivity index (χ2v) is 4.60. The summed E-state index contributed by atoms with van der Waals surface area (Å²) in [5.41, 5.74) is 6.21. The minimum atomic E-state index is 0.0380. The van der Waals surface area contributed by atoms with Gasteiger partial charge in [0.25, 0.3) is 0 Å². The van der Waals surface area contributed by atoms with Crippen LogP contribution in [-0.4, -0.2) is 17.7 Å². The Bertz CT molecular complexity index is 632. The molecule has 0 aliphatic rings. The highest BCUT2D eigenvalue weighted by atomic mass is 32.1. The molecule has 0 amide bonds. The van der Waals surface area contributed by atoms with Crippen molar-refractivity contribution in [3.05, 3.63) is 51.1 Å². The molecule has 0 atom stereocenters. The summed E-state index contributed by atoms with van der Waals surface area (Å²) in [7, 11) is 0. The van der Waals surface area contributed by atoms with Gasteiger partial charge in [0.05, 0.1) is 13.1 Å². The van der Waals surface area contributed by atoms with E-state index in [1.54, 1.807) is 16.1 Å². The van der Waals surface area contributed by atoms with Crippen LogP contribution >= 0.6 is 11.3 Å². The van der Waals surface area contributed by atoms with Gasteiger partial charge in [-0.2, -0.15) is 0 Å². The Morgan fingerprint density at radius 2 is 2.11 bits per heavy atom. The van der Waals surface area contributed by atoms with Gasteiger partial charge in [-0.1, -0.05) is 23.2 Å². The highest BCUT2D eigenvalue weighted by Gasteiger charge is 1.97. The average molecular weight is 274 g/mol. The van der Waals surface area contributed by atoms with Crippen molar-refractivity contribution < 1.29 is 4.74 Å². The zero-order chi connectivity index (χ0) is 13.5. The smallest absolute Gasteiger partial charge is 0.307 e. The predicted octanol–water partition coefficient (Wildman–Crippen LogP) is 1.30. The molecule has 0 aliphatic heterocycles. The number of nitrogens with zero attached hydrogens (tertiary/aromatic N) is 1. The number of thiazole rings is 1. The van der Waals surface area contributed by atoms with Crippen molar-refractivity contribution in [2.75, 3.05) is 13.2 Å². The summed E-state index contributed by atoms with van der Waals surface area (Å²) in [5.74, 6) is 6.50. The quantitative estimate of drug-likeness (QED) is 0.855. The molecule has 1 aromatic carbocycles. The van der Waals surface area contributed by atoms with Crippen molar-refractivity contribution in [3.63, 3.8) is 0 Å². The number of benzene rings is 1. The lowest BCUT2D eigenvalue weighted by Gasteiger charge is -2.06. The van der Waals surface area contributed by atoms with Crippen molar-refractivity contribution in [2.24, 2.45) is 5.73 Å². The van der Waals surface area contributed by atoms with Crippen LogP contribution in [0.5, 0.6) is 5.75 Å². The van der Waals surface area contributed by atoms with E-state index in [1.807, 2.05) is 24.3 Å². The second-order valence-electron chi connectivity index (χ2n) is 3.74. The van der Waals surface area contributed by atoms with Crippen LogP contribution in [0.15, 0.2) is 40.6 Å². The predicted molar refractivity (Wildman–Crippen MR) is 76.4 cm³/mol. The number of nitrogens with two attached hydrogens (primary N) is 1. The molecule has 2 aromatic rings. The lowest BCUT2D eigenvalue weighted by Crippen LogP contribution is -2.16. The van der Waals surface area contributed by atoms with E-state index in [-0.39, 0.29) is 4.87 Å². The topological polar surface area (TPSA) is 57.2 Å². The molecule has 0 saturated carbocycles. The molecule has 5 heteroatoms. The van der Waals surface area contributed by atoms with Gasteiger partial charge in [-0.25, -0.2) is 0 Å². The van der Waals surface area contributed by atoms with E-state index in [4.69, 9.17) is 10.5 Å². The van der Waals surface area contributed by atoms with E-state index in [0.29, 0.717) is 19.7 Å². The fraction of sp³-hybridized carbons (Fsp3) is 0.214. The van der Waals surface area contributed by atoms with Gasteiger partial charge in [0, 0.05) is 17.1 Å². The molecule has 1 aromatic heterocycles. The number of ether oxygens (including phenoxy) is 1. The van der Waals surface area contributed by atoms with Gasteiger partial charge in [-0.15, -0.1) is 0 Å². The molecule has 0 fully saturated rings. The Morgan fingerprint density at radius 1 is 1.32 bits per heavy atom. The van der Waals surface area contributed by atoms with Gasteiger partial charge in [-0.3, -0.25) is 4.79 Å². The van der Waals surface area contributed by atoms with Crippen LogP contribution in [0.25, 0.3) is 0 Å². The summed E-state index contributed by atoms with van der Waals surface area (Å²) in [5, 5.41) is 1.77. The first kappa shape index (κ1) is 13.4. The van der Waals surface area contributed by atoms with Crippen molar-refractivity contribution in [1.82, 2.24) is 4.57 Å². The van der Waals surface area contributed by atoms with Crippen molar-refractivity contribution in [2.45, 2.75) is 6.54 Å². The summed E-state index contributed by atoms with van der Waals surface area (Å²) in [4.78, 5) is 11.3. The zero-order valence-electron chi connectivity index (χ0n) is 10.3. The van der Waals surface area contributed by atoms with Crippen molar-refractivity contribution in [1.29, 1.82) is 0 Å². The van der Waals surface area contributed by atoms with E-state index < -0.39 is 0 Å². The summed E-state index contributed by atoms with van der Waals surface area (Å²) >= 11 is 1.19. The first-order chi connectivity index (χ1) is 9.29. The van der Waals surface area contributed by atoms with E-state index in [0.717, 1.165) is 11.3 Å². The normalized spacial score (nSPS) is 9.74. The van der Waals surface area contributed by atoms with Crippen molar-refractivity contribution >= 4 is 11.3 Å². The van der Waals surface area contributed by atoms with Crippen LogP contribution in [0.3, 0.4) is 0 Å². The Balaban J connectivity index is 1.86. The highest BCUT2D eigenvalue weighted by molar-refractivity contribution is 7.07. The number of aromatic nitrogens is 1. The number of hydrogen-bond donors (Lipinski definition) is 1. The van der Waals surface area contributed by atoms with E-state index >= 15 is 0 Å². The average Bonchev–Trinajstić information content (AvgIpc) is 2.84. The summed E-state index contributed by atoms with van der Waals surface area (Å²) in [6.45, 7) is 1.37. The Kier molecular flexibility index (Phi) is 4.78. The largest absolute Gasteiger partial charge is 0.492 e. The molecule has 0 aliphatic carbocycles. The van der Waals surface area contributed by atoms with E-state index in [1.165, 1.54) is 11.3 Å². The fourth-order valence-electron chi connectivity index (χ4n) is 1.51. The molecule has 2 N–H and O–H groups in total. The molecular formula is C14H14N2O2S. The van der Waals surface area contributed by atoms with E-state index in [2.05, 4.69) is 11.8 Å². The summed E-state index contributed by atoms with van der Waals surface area (Å²) < 4.78 is 7.20. The lowest BCUT2D eigenvalue weighted by atomic mass is 10.2. The van der Waals surface area contributed by atoms with Crippen LogP contribution in [0.4, 0.5) is 0 Å². The summed E-state index contributed by atoms with van der Waals surface area (Å²) in [6.07, 6.45) is 1.77. The maximum atomic E-state index is 11.3. The van der Waals surface area contributed by atoms with Gasteiger partial charge < -0.3 is 15.0 Å². The fourth-order valence-corrected chi connectivity index (χ4v) is 2.12. The van der Waals surface area contributed by atoms with E-state index in [9.17, 15) is 4.79 Å². The first-order valence-electron chi connectivity index (χ1n) is 5.85. The molecule has 0 bridgehead atoms. The molecular weight excluding hydrogens is 260 g/mol. The molecule has 0 spiro atoms. The minimum absolute atomic E-state index is 0.0380. The Morgan fingerprint density at radius 3 is 2.74 bits per heavy atom. The molecule has 19 heavy (non-hydrogen) atoms. The van der Waals surface area contributed by atoms with Gasteiger partial charge in [-0.05, 0) is 24.3 Å². The molecule has 98 valence electrons. The minimum Gasteiger partial charge on any atom is -0.492 e. The Labute approximate surface area is 115 Å². The van der Waals surface area contributed by atoms with Crippen LogP contribution in [-0.2, 0) is 6.54 Å². The third-order valence-electron chi connectivity index (χ3n) is 2.43. The van der Waals surface area contributed by atoms with Gasteiger partial charge >= 0.3 is 4.87 Å². The van der Waals surface area contributed by atoms with Crippen LogP contribution in [0, 0.1) is 11.8 Å². The van der Waals surface area contributed by atoms with Gasteiger partial charge in [0.15, 0.2) is 0 Å². The SMILES string of the molecule is NCC#Cc1ccc(OCCn2ccsc2=O)cc1. The maximum absolute atomic E-state index is 11.3. The van der Waals surface area contributed by atoms with Crippen LogP contribution < -0.4 is 15.3 Å². The standard InChI is InChI=1S/C14H14N2O2S/c15-7-1-2-12-3-5-13(6-4-12)18-10-8-16-9-11-19-14(16)17/h3-6,9,11H,7-8,10,15H2. The van der Waals surface area contributed by atoms with Crippen LogP contribution in [0.2, 0.25) is 0 Å². The Hall–Kier alpha value is -2.03. The second kappa shape index (κ2) is 6.78. The molecule has 0 unspecified atom stereocenters. The zero-order valence-corrected chi connectivity index (χ0v) is 11.2. The van der Waals surface area contributed by atoms with Crippen LogP contribution in [0.1, 0.15) is 5.56 Å². The third-order valence-corrected chi connectivity index (χ3v) is 3.13. The molecule has 0 saturated heterocycles. The van der Waals surface area contributed by atoms with Gasteiger partial charge in [0.1, 0.15) is 12.4 Å². The maximum Gasteiger partial charge on any atom is 0.307 e. The number of hydrogen-bond acceptors (Lipinski definition) is 4. The van der Waals surface area contributed by atoms with Gasteiger partial charge in [0.2, 0.25) is 0 Å². The molecule has 4 nitrogen and oxygen atoms in total. The molecule has 1 heterocycles. The third kappa shape index (κ3) is 3.98. The molecule has 0 radical (unpaired) electrons. The summed E-state index contributed by atoms with van der Waals surface area (Å²) in [6, 6.07) is 7.48. The first-order valence-corrected chi connectivity index (χ1v) is 6.73. The monoisotopic (exact) mass is 274 g/mol. The molecule has 2 rings (SSSR count). The number of rotatable bonds is 4. The lowest BCUT2D eigenvalue weighted by molar-refractivity contribution is 0.297.